The van der Waals surface area contributed by atoms with Crippen LogP contribution in [-0.4, -0.2) is 33.6 Å². The Labute approximate surface area is 156 Å². The first-order valence-corrected chi connectivity index (χ1v) is 8.74. The van der Waals surface area contributed by atoms with Crippen molar-refractivity contribution in [2.24, 2.45) is 0 Å². The zero-order chi connectivity index (χ0) is 19.4. The first kappa shape index (κ1) is 18.6. The fourth-order valence-electron chi connectivity index (χ4n) is 2.78. The van der Waals surface area contributed by atoms with Crippen molar-refractivity contribution in [3.05, 3.63) is 53.1 Å². The van der Waals surface area contributed by atoms with E-state index in [1.807, 2.05) is 19.9 Å². The lowest BCUT2D eigenvalue weighted by Crippen LogP contribution is -2.47. The monoisotopic (exact) mass is 370 g/mol. The van der Waals surface area contributed by atoms with Gasteiger partial charge in [-0.1, -0.05) is 25.1 Å². The molecule has 2 aromatic rings. The molecule has 0 saturated carbocycles. The zero-order valence-electron chi connectivity index (χ0n) is 15.4. The topological polar surface area (TPSA) is 122 Å². The fraction of sp³-hybridized carbons (Fsp3) is 0.389. The van der Waals surface area contributed by atoms with Crippen molar-refractivity contribution in [1.29, 1.82) is 0 Å². The number of urea groups is 1. The number of nitrogens with one attached hydrogen (secondary N) is 3. The Bertz CT molecular complexity index is 859. The second-order valence-corrected chi connectivity index (χ2v) is 6.57. The number of rotatable bonds is 6. The Balaban J connectivity index is 1.69. The summed E-state index contributed by atoms with van der Waals surface area (Å²) < 4.78 is 5.16. The van der Waals surface area contributed by atoms with E-state index in [0.717, 1.165) is 5.56 Å². The van der Waals surface area contributed by atoms with Crippen molar-refractivity contribution in [2.45, 2.75) is 39.2 Å². The van der Waals surface area contributed by atoms with E-state index in [1.165, 1.54) is 0 Å². The maximum atomic E-state index is 12.8. The van der Waals surface area contributed by atoms with E-state index in [2.05, 4.69) is 31.1 Å². The molecule has 3 rings (SSSR count). The van der Waals surface area contributed by atoms with Crippen LogP contribution in [0.15, 0.2) is 40.3 Å². The zero-order valence-corrected chi connectivity index (χ0v) is 15.4. The molecule has 1 aliphatic rings. The number of amides is 3. The van der Waals surface area contributed by atoms with E-state index < -0.39 is 6.04 Å². The highest BCUT2D eigenvalue weighted by molar-refractivity contribution is 5.98. The third-order valence-electron chi connectivity index (χ3n) is 4.14. The van der Waals surface area contributed by atoms with Crippen LogP contribution in [0, 0.1) is 0 Å². The van der Waals surface area contributed by atoms with Crippen molar-refractivity contribution in [1.82, 2.24) is 31.1 Å². The minimum Gasteiger partial charge on any atom is -0.352 e. The van der Waals surface area contributed by atoms with Gasteiger partial charge in [0.05, 0.1) is 11.6 Å². The molecule has 0 bridgehead atoms. The lowest BCUT2D eigenvalue weighted by Gasteiger charge is -2.28. The van der Waals surface area contributed by atoms with E-state index in [1.54, 1.807) is 25.4 Å². The van der Waals surface area contributed by atoms with Gasteiger partial charge in [0.25, 0.3) is 5.91 Å². The first-order valence-electron chi connectivity index (χ1n) is 8.74. The molecule has 1 atom stereocenters. The number of aromatic nitrogens is 3. The van der Waals surface area contributed by atoms with Crippen LogP contribution in [0.25, 0.3) is 0 Å². The molecule has 0 unspecified atom stereocenters. The van der Waals surface area contributed by atoms with Gasteiger partial charge in [0.2, 0.25) is 5.89 Å². The molecule has 0 saturated heterocycles. The largest absolute Gasteiger partial charge is 0.352 e. The summed E-state index contributed by atoms with van der Waals surface area (Å²) in [7, 11) is 0. The summed E-state index contributed by atoms with van der Waals surface area (Å²) >= 11 is 0. The van der Waals surface area contributed by atoms with Crippen LogP contribution in [0.5, 0.6) is 0 Å². The van der Waals surface area contributed by atoms with Crippen LogP contribution < -0.4 is 16.0 Å². The van der Waals surface area contributed by atoms with E-state index >= 15 is 0 Å². The Hall–Kier alpha value is -3.23. The predicted molar refractivity (Wildman–Crippen MR) is 96.4 cm³/mol. The minimum atomic E-state index is -0.565. The molecule has 1 aliphatic heterocycles. The van der Waals surface area contributed by atoms with Gasteiger partial charge in [0.15, 0.2) is 5.82 Å². The molecule has 27 heavy (non-hydrogen) atoms. The second-order valence-electron chi connectivity index (χ2n) is 6.57. The fourth-order valence-corrected chi connectivity index (χ4v) is 2.78. The summed E-state index contributed by atoms with van der Waals surface area (Å²) in [6, 6.07) is 2.66. The molecule has 142 valence electrons. The van der Waals surface area contributed by atoms with E-state index in [0.29, 0.717) is 36.0 Å². The molecule has 0 aliphatic carbocycles. The molecule has 2 aromatic heterocycles. The van der Waals surface area contributed by atoms with Gasteiger partial charge in [-0.05, 0) is 18.6 Å². The van der Waals surface area contributed by atoms with Crippen molar-refractivity contribution in [2.75, 3.05) is 6.54 Å². The number of nitrogens with zero attached hydrogens (tertiary/aromatic N) is 3. The van der Waals surface area contributed by atoms with Gasteiger partial charge in [-0.3, -0.25) is 9.78 Å². The SMILES string of the molecule is CC1=C(C(=O)NCCc2noc(C(C)C)n2)[C@H](c2cccnc2)NC(=O)N1. The van der Waals surface area contributed by atoms with Gasteiger partial charge in [-0.2, -0.15) is 4.98 Å². The smallest absolute Gasteiger partial charge is 0.319 e. The maximum absolute atomic E-state index is 12.8. The predicted octanol–water partition coefficient (Wildman–Crippen LogP) is 1.57. The Morgan fingerprint density at radius 1 is 1.41 bits per heavy atom. The summed E-state index contributed by atoms with van der Waals surface area (Å²) in [6.07, 6.45) is 3.72. The number of carbonyl (C=O) groups is 2. The van der Waals surface area contributed by atoms with Gasteiger partial charge in [0, 0.05) is 37.0 Å². The Morgan fingerprint density at radius 3 is 2.89 bits per heavy atom. The number of hydrogen-bond donors (Lipinski definition) is 3. The first-order chi connectivity index (χ1) is 13.0. The number of carbonyl (C=O) groups excluding carboxylic acids is 2. The molecule has 9 nitrogen and oxygen atoms in total. The molecule has 0 radical (unpaired) electrons. The average molecular weight is 370 g/mol. The Morgan fingerprint density at radius 2 is 2.22 bits per heavy atom. The van der Waals surface area contributed by atoms with Crippen molar-refractivity contribution >= 4 is 11.9 Å². The molecular formula is C18H22N6O3. The number of pyridine rings is 1. The van der Waals surface area contributed by atoms with Gasteiger partial charge >= 0.3 is 6.03 Å². The molecule has 0 fully saturated rings. The van der Waals surface area contributed by atoms with Crippen LogP contribution in [0.4, 0.5) is 4.79 Å². The minimum absolute atomic E-state index is 0.158. The van der Waals surface area contributed by atoms with Crippen molar-refractivity contribution < 1.29 is 14.1 Å². The van der Waals surface area contributed by atoms with Gasteiger partial charge in [0.1, 0.15) is 0 Å². The van der Waals surface area contributed by atoms with Gasteiger partial charge in [-0.15, -0.1) is 0 Å². The molecule has 3 amide bonds. The highest BCUT2D eigenvalue weighted by Crippen LogP contribution is 2.26. The summed E-state index contributed by atoms with van der Waals surface area (Å²) in [5, 5.41) is 12.2. The van der Waals surface area contributed by atoms with Gasteiger partial charge < -0.3 is 20.5 Å². The molecule has 3 heterocycles. The average Bonchev–Trinajstić information content (AvgIpc) is 3.11. The summed E-state index contributed by atoms with van der Waals surface area (Å²) in [4.78, 5) is 33.0. The number of hydrogen-bond acceptors (Lipinski definition) is 6. The van der Waals surface area contributed by atoms with E-state index in [9.17, 15) is 9.59 Å². The third-order valence-corrected chi connectivity index (χ3v) is 4.14. The van der Waals surface area contributed by atoms with Gasteiger partial charge in [-0.25, -0.2) is 4.79 Å². The van der Waals surface area contributed by atoms with Crippen LogP contribution in [-0.2, 0) is 11.2 Å². The molecule has 0 aromatic carbocycles. The van der Waals surface area contributed by atoms with Crippen LogP contribution in [0.1, 0.15) is 50.0 Å². The molecular weight excluding hydrogens is 348 g/mol. The van der Waals surface area contributed by atoms with E-state index in [4.69, 9.17) is 4.52 Å². The summed E-state index contributed by atoms with van der Waals surface area (Å²) in [6.45, 7) is 5.99. The lowest BCUT2D eigenvalue weighted by molar-refractivity contribution is -0.117. The highest BCUT2D eigenvalue weighted by Gasteiger charge is 2.31. The lowest BCUT2D eigenvalue weighted by atomic mass is 9.96. The maximum Gasteiger partial charge on any atom is 0.319 e. The van der Waals surface area contributed by atoms with Crippen LogP contribution in [0.3, 0.4) is 0 Å². The summed E-state index contributed by atoms with van der Waals surface area (Å²) in [5.41, 5.74) is 1.68. The van der Waals surface area contributed by atoms with Crippen LogP contribution >= 0.6 is 0 Å². The summed E-state index contributed by atoms with van der Waals surface area (Å²) in [5.74, 6) is 1.00. The van der Waals surface area contributed by atoms with Crippen molar-refractivity contribution in [3.63, 3.8) is 0 Å². The normalized spacial score (nSPS) is 16.9. The molecule has 3 N–H and O–H groups in total. The second kappa shape index (κ2) is 7.98. The third kappa shape index (κ3) is 4.30. The quantitative estimate of drug-likeness (QED) is 0.709. The van der Waals surface area contributed by atoms with Crippen LogP contribution in [0.2, 0.25) is 0 Å². The molecule has 9 heteroatoms. The van der Waals surface area contributed by atoms with E-state index in [-0.39, 0.29) is 17.9 Å². The highest BCUT2D eigenvalue weighted by atomic mass is 16.5. The number of allylic oxidation sites excluding steroid dienone is 1. The Kier molecular flexibility index (Phi) is 5.49. The molecule has 0 spiro atoms. The standard InChI is InChI=1S/C18H22N6O3/c1-10(2)17-22-13(24-27-17)6-8-20-16(25)14-11(3)21-18(26)23-15(14)12-5-4-7-19-9-12/h4-5,7,9-10,15H,6,8H2,1-3H3,(H,20,25)(H2,21,23,26)/t15-/m0/s1. The van der Waals surface area contributed by atoms with Crippen molar-refractivity contribution in [3.8, 4) is 0 Å².